The normalized spacial score (nSPS) is 14.9. The van der Waals surface area contributed by atoms with Crippen molar-refractivity contribution in [2.45, 2.75) is 32.7 Å². The van der Waals surface area contributed by atoms with Gasteiger partial charge in [0.2, 0.25) is 0 Å². The fourth-order valence-corrected chi connectivity index (χ4v) is 2.31. The molecule has 0 saturated carbocycles. The Hall–Kier alpha value is -1.62. The third kappa shape index (κ3) is 2.31. The molecule has 2 rings (SSSR count). The molecular weight excluding hydrogens is 226 g/mol. The fraction of sp³-hybridized carbons (Fsp3) is 0.538. The van der Waals surface area contributed by atoms with E-state index < -0.39 is 0 Å². The van der Waals surface area contributed by atoms with Crippen LogP contribution >= 0.6 is 0 Å². The quantitative estimate of drug-likeness (QED) is 0.847. The molecule has 18 heavy (non-hydrogen) atoms. The van der Waals surface area contributed by atoms with Crippen molar-refractivity contribution in [1.82, 2.24) is 19.7 Å². The van der Waals surface area contributed by atoms with Crippen LogP contribution in [0.4, 0.5) is 0 Å². The summed E-state index contributed by atoms with van der Waals surface area (Å²) in [5.41, 5.74) is 8.24. The van der Waals surface area contributed by atoms with E-state index in [2.05, 4.69) is 40.5 Å². The van der Waals surface area contributed by atoms with E-state index in [-0.39, 0.29) is 6.04 Å². The van der Waals surface area contributed by atoms with Gasteiger partial charge in [-0.25, -0.2) is 4.98 Å². The van der Waals surface area contributed by atoms with E-state index >= 15 is 0 Å². The minimum atomic E-state index is 0.217. The second kappa shape index (κ2) is 5.35. The Labute approximate surface area is 107 Å². The molecule has 2 aromatic rings. The van der Waals surface area contributed by atoms with Gasteiger partial charge in [-0.2, -0.15) is 5.10 Å². The Bertz CT molecular complexity index is 471. The molecule has 0 aliphatic carbocycles. The zero-order chi connectivity index (χ0) is 13.1. The zero-order valence-electron chi connectivity index (χ0n) is 11.2. The van der Waals surface area contributed by atoms with Crippen LogP contribution in [0.5, 0.6) is 0 Å². The van der Waals surface area contributed by atoms with Crippen LogP contribution < -0.4 is 5.73 Å². The van der Waals surface area contributed by atoms with Gasteiger partial charge in [-0.3, -0.25) is 5.10 Å². The second-order valence-electron chi connectivity index (χ2n) is 5.02. The summed E-state index contributed by atoms with van der Waals surface area (Å²) in [6, 6.07) is 0.217. The van der Waals surface area contributed by atoms with Crippen LogP contribution in [0, 0.1) is 5.92 Å². The second-order valence-corrected chi connectivity index (χ2v) is 5.02. The van der Waals surface area contributed by atoms with E-state index in [1.54, 1.807) is 0 Å². The van der Waals surface area contributed by atoms with Crippen molar-refractivity contribution in [3.63, 3.8) is 0 Å². The van der Waals surface area contributed by atoms with Gasteiger partial charge in [0.25, 0.3) is 0 Å². The topological polar surface area (TPSA) is 72.5 Å². The number of rotatable bonds is 5. The fourth-order valence-electron chi connectivity index (χ4n) is 2.31. The highest BCUT2D eigenvalue weighted by atomic mass is 15.1. The van der Waals surface area contributed by atoms with Gasteiger partial charge in [-0.1, -0.05) is 13.8 Å². The highest BCUT2D eigenvalue weighted by Gasteiger charge is 2.21. The molecule has 98 valence electrons. The molecule has 0 spiro atoms. The maximum Gasteiger partial charge on any atom is 0.0953 e. The number of imidazole rings is 1. The van der Waals surface area contributed by atoms with Crippen LogP contribution in [0.15, 0.2) is 24.9 Å². The van der Waals surface area contributed by atoms with Crippen LogP contribution in [0.25, 0.3) is 0 Å². The molecule has 0 bridgehead atoms. The predicted octanol–water partition coefficient (Wildman–Crippen LogP) is 1.91. The standard InChI is InChI=1S/C13H21N5/c1-9(2)12(4-14)13-7-15-8-18(13)10(3)11-5-16-17-6-11/h5-10,12H,4,14H2,1-3H3,(H,16,17). The molecule has 0 amide bonds. The first-order valence-corrected chi connectivity index (χ1v) is 6.35. The summed E-state index contributed by atoms with van der Waals surface area (Å²) >= 11 is 0. The Kier molecular flexibility index (Phi) is 3.81. The first kappa shape index (κ1) is 12.8. The molecule has 0 fully saturated rings. The Morgan fingerprint density at radius 2 is 2.11 bits per heavy atom. The Morgan fingerprint density at radius 3 is 2.67 bits per heavy atom. The number of nitrogens with two attached hydrogens (primary N) is 1. The molecule has 0 aliphatic rings. The SMILES string of the molecule is CC(C)C(CN)c1cncn1C(C)c1cn[nH]c1. The van der Waals surface area contributed by atoms with Gasteiger partial charge in [0.1, 0.15) is 0 Å². The number of nitrogens with zero attached hydrogens (tertiary/aromatic N) is 3. The van der Waals surface area contributed by atoms with Gasteiger partial charge in [0.15, 0.2) is 0 Å². The van der Waals surface area contributed by atoms with E-state index in [0.29, 0.717) is 18.4 Å². The van der Waals surface area contributed by atoms with Gasteiger partial charge < -0.3 is 10.3 Å². The van der Waals surface area contributed by atoms with Crippen molar-refractivity contribution in [3.05, 3.63) is 36.2 Å². The summed E-state index contributed by atoms with van der Waals surface area (Å²) in [6.45, 7) is 7.17. The number of aromatic amines is 1. The third-order valence-electron chi connectivity index (χ3n) is 3.55. The van der Waals surface area contributed by atoms with Crippen LogP contribution in [-0.4, -0.2) is 26.3 Å². The average Bonchev–Trinajstić information content (AvgIpc) is 3.00. The van der Waals surface area contributed by atoms with E-state index in [9.17, 15) is 0 Å². The molecule has 0 aromatic carbocycles. The summed E-state index contributed by atoms with van der Waals surface area (Å²) in [5.74, 6) is 0.837. The summed E-state index contributed by atoms with van der Waals surface area (Å²) in [4.78, 5) is 4.28. The monoisotopic (exact) mass is 247 g/mol. The number of hydrogen-bond acceptors (Lipinski definition) is 3. The van der Waals surface area contributed by atoms with Crippen molar-refractivity contribution in [2.75, 3.05) is 6.54 Å². The lowest BCUT2D eigenvalue weighted by atomic mass is 9.92. The van der Waals surface area contributed by atoms with Crippen molar-refractivity contribution in [3.8, 4) is 0 Å². The maximum atomic E-state index is 5.89. The molecule has 0 aliphatic heterocycles. The molecule has 2 unspecified atom stereocenters. The summed E-state index contributed by atoms with van der Waals surface area (Å²) in [7, 11) is 0. The van der Waals surface area contributed by atoms with Crippen molar-refractivity contribution in [2.24, 2.45) is 11.7 Å². The van der Waals surface area contributed by atoms with Crippen molar-refractivity contribution < 1.29 is 0 Å². The highest BCUT2D eigenvalue weighted by Crippen LogP contribution is 2.27. The minimum Gasteiger partial charge on any atom is -0.330 e. The molecule has 5 heteroatoms. The van der Waals surface area contributed by atoms with Crippen LogP contribution in [0.2, 0.25) is 0 Å². The predicted molar refractivity (Wildman–Crippen MR) is 71.3 cm³/mol. The molecule has 2 atom stereocenters. The van der Waals surface area contributed by atoms with Crippen LogP contribution in [0.1, 0.15) is 44.0 Å². The van der Waals surface area contributed by atoms with Gasteiger partial charge >= 0.3 is 0 Å². The molecule has 0 saturated heterocycles. The lowest BCUT2D eigenvalue weighted by Crippen LogP contribution is -2.22. The summed E-state index contributed by atoms with van der Waals surface area (Å²) < 4.78 is 2.18. The van der Waals surface area contributed by atoms with Crippen LogP contribution in [-0.2, 0) is 0 Å². The molecule has 0 radical (unpaired) electrons. The van der Waals surface area contributed by atoms with Gasteiger partial charge in [-0.05, 0) is 12.8 Å². The van der Waals surface area contributed by atoms with Gasteiger partial charge in [0.05, 0.1) is 18.6 Å². The lowest BCUT2D eigenvalue weighted by molar-refractivity contribution is 0.463. The molecular formula is C13H21N5. The Morgan fingerprint density at radius 1 is 1.33 bits per heavy atom. The third-order valence-corrected chi connectivity index (χ3v) is 3.55. The smallest absolute Gasteiger partial charge is 0.0953 e. The zero-order valence-corrected chi connectivity index (χ0v) is 11.2. The van der Waals surface area contributed by atoms with Gasteiger partial charge in [0, 0.05) is 36.1 Å². The molecule has 2 aromatic heterocycles. The largest absolute Gasteiger partial charge is 0.330 e. The molecule has 3 N–H and O–H groups in total. The van der Waals surface area contributed by atoms with Crippen molar-refractivity contribution >= 4 is 0 Å². The Balaban J connectivity index is 2.32. The number of nitrogens with one attached hydrogen (secondary N) is 1. The maximum absolute atomic E-state index is 5.89. The summed E-state index contributed by atoms with van der Waals surface area (Å²) in [6.07, 6.45) is 7.56. The van der Waals surface area contributed by atoms with Crippen LogP contribution in [0.3, 0.4) is 0 Å². The van der Waals surface area contributed by atoms with E-state index in [1.165, 1.54) is 5.69 Å². The highest BCUT2D eigenvalue weighted by molar-refractivity contribution is 5.16. The molecule has 5 nitrogen and oxygen atoms in total. The van der Waals surface area contributed by atoms with E-state index in [0.717, 1.165) is 5.56 Å². The number of aromatic nitrogens is 4. The lowest BCUT2D eigenvalue weighted by Gasteiger charge is -2.23. The van der Waals surface area contributed by atoms with E-state index in [4.69, 9.17) is 5.73 Å². The minimum absolute atomic E-state index is 0.217. The van der Waals surface area contributed by atoms with Gasteiger partial charge in [-0.15, -0.1) is 0 Å². The first-order valence-electron chi connectivity index (χ1n) is 6.35. The first-order chi connectivity index (χ1) is 8.65. The van der Waals surface area contributed by atoms with Crippen molar-refractivity contribution in [1.29, 1.82) is 0 Å². The number of H-pyrrole nitrogens is 1. The average molecular weight is 247 g/mol. The number of hydrogen-bond donors (Lipinski definition) is 2. The van der Waals surface area contributed by atoms with E-state index in [1.807, 2.05) is 24.9 Å². The molecule has 2 heterocycles. The summed E-state index contributed by atoms with van der Waals surface area (Å²) in [5, 5.41) is 6.85.